The van der Waals surface area contributed by atoms with Gasteiger partial charge in [0.05, 0.1) is 11.3 Å². The molecule has 3 amide bonds. The van der Waals surface area contributed by atoms with Crippen LogP contribution < -0.4 is 16.5 Å². The SMILES string of the molecule is NC(=O)NN=C[C@@H]1CCCN1C(=O)[C@H]1NCSC1C(=O)CCC1=Cc2ccccc2C1. The second-order valence-electron chi connectivity index (χ2n) is 8.05. The maximum atomic E-state index is 13.2. The molecule has 1 aromatic carbocycles. The fraction of sp³-hybridized carbons (Fsp3) is 0.455. The van der Waals surface area contributed by atoms with E-state index in [1.54, 1.807) is 11.1 Å². The van der Waals surface area contributed by atoms with E-state index in [1.807, 2.05) is 12.1 Å². The lowest BCUT2D eigenvalue weighted by molar-refractivity contribution is -0.134. The minimum atomic E-state index is -0.743. The number of thioether (sulfide) groups is 1. The summed E-state index contributed by atoms with van der Waals surface area (Å²) in [6.07, 6.45) is 7.41. The molecule has 1 aromatic rings. The molecule has 1 unspecified atom stereocenters. The predicted octanol–water partition coefficient (Wildman–Crippen LogP) is 1.65. The molecule has 2 heterocycles. The monoisotopic (exact) mass is 441 g/mol. The lowest BCUT2D eigenvalue weighted by Gasteiger charge is -2.27. The summed E-state index contributed by atoms with van der Waals surface area (Å²) in [6, 6.07) is 6.83. The highest BCUT2D eigenvalue weighted by molar-refractivity contribution is 8.00. The zero-order chi connectivity index (χ0) is 21.8. The van der Waals surface area contributed by atoms with Gasteiger partial charge in [0.1, 0.15) is 11.8 Å². The van der Waals surface area contributed by atoms with Gasteiger partial charge in [0.2, 0.25) is 5.91 Å². The van der Waals surface area contributed by atoms with Crippen molar-refractivity contribution in [2.24, 2.45) is 10.8 Å². The topological polar surface area (TPSA) is 117 Å². The number of ketones is 1. The fourth-order valence-corrected chi connectivity index (χ4v) is 5.62. The number of carbonyl (C=O) groups excluding carboxylic acids is 3. The molecule has 0 saturated carbocycles. The van der Waals surface area contributed by atoms with Crippen LogP contribution in [-0.2, 0) is 16.0 Å². The van der Waals surface area contributed by atoms with Crippen molar-refractivity contribution in [3.8, 4) is 0 Å². The van der Waals surface area contributed by atoms with E-state index in [0.29, 0.717) is 18.8 Å². The average molecular weight is 442 g/mol. The summed E-state index contributed by atoms with van der Waals surface area (Å²) in [4.78, 5) is 38.7. The first-order chi connectivity index (χ1) is 15.0. The number of hydrogen-bond acceptors (Lipinski definition) is 6. The number of nitrogens with one attached hydrogen (secondary N) is 2. The third kappa shape index (κ3) is 4.99. The molecule has 4 N–H and O–H groups in total. The van der Waals surface area contributed by atoms with E-state index in [4.69, 9.17) is 5.73 Å². The molecule has 9 heteroatoms. The Balaban J connectivity index is 1.34. The number of fused-ring (bicyclic) bond motifs is 1. The van der Waals surface area contributed by atoms with E-state index in [2.05, 4.69) is 34.1 Å². The van der Waals surface area contributed by atoms with Crippen LogP contribution in [0.25, 0.3) is 6.08 Å². The molecule has 2 aliphatic heterocycles. The summed E-state index contributed by atoms with van der Waals surface area (Å²) >= 11 is 1.50. The number of hydrogen-bond donors (Lipinski definition) is 3. The number of amides is 3. The Hall–Kier alpha value is -2.65. The van der Waals surface area contributed by atoms with Gasteiger partial charge in [0.25, 0.3) is 0 Å². The number of urea groups is 1. The van der Waals surface area contributed by atoms with Crippen LogP contribution in [0.2, 0.25) is 0 Å². The lowest BCUT2D eigenvalue weighted by atomic mass is 10.0. The molecule has 2 saturated heterocycles. The van der Waals surface area contributed by atoms with Crippen LogP contribution in [0.3, 0.4) is 0 Å². The molecule has 3 aliphatic rings. The van der Waals surface area contributed by atoms with Gasteiger partial charge in [-0.2, -0.15) is 5.10 Å². The molecule has 31 heavy (non-hydrogen) atoms. The minimum Gasteiger partial charge on any atom is -0.350 e. The van der Waals surface area contributed by atoms with Crippen molar-refractivity contribution in [3.63, 3.8) is 0 Å². The highest BCUT2D eigenvalue weighted by Crippen LogP contribution is 2.30. The maximum absolute atomic E-state index is 13.2. The van der Waals surface area contributed by atoms with Crippen LogP contribution >= 0.6 is 11.8 Å². The van der Waals surface area contributed by atoms with Crippen LogP contribution in [0.5, 0.6) is 0 Å². The number of allylic oxidation sites excluding steroid dienone is 1. The molecule has 2 fully saturated rings. The van der Waals surface area contributed by atoms with Gasteiger partial charge in [0.15, 0.2) is 0 Å². The largest absolute Gasteiger partial charge is 0.350 e. The van der Waals surface area contributed by atoms with Crippen LogP contribution in [0.4, 0.5) is 4.79 Å². The zero-order valence-corrected chi connectivity index (χ0v) is 18.1. The normalized spacial score (nSPS) is 25.0. The van der Waals surface area contributed by atoms with Gasteiger partial charge in [-0.1, -0.05) is 35.9 Å². The van der Waals surface area contributed by atoms with E-state index in [9.17, 15) is 14.4 Å². The van der Waals surface area contributed by atoms with Crippen molar-refractivity contribution in [3.05, 3.63) is 41.0 Å². The van der Waals surface area contributed by atoms with Gasteiger partial charge < -0.3 is 10.6 Å². The molecule has 4 rings (SSSR count). The summed E-state index contributed by atoms with van der Waals surface area (Å²) in [5.74, 6) is 0.616. The summed E-state index contributed by atoms with van der Waals surface area (Å²) in [6.45, 7) is 0.612. The van der Waals surface area contributed by atoms with Crippen molar-refractivity contribution in [2.75, 3.05) is 12.4 Å². The summed E-state index contributed by atoms with van der Waals surface area (Å²) in [5, 5.41) is 6.64. The average Bonchev–Trinajstić information content (AvgIpc) is 3.50. The summed E-state index contributed by atoms with van der Waals surface area (Å²) in [5.41, 5.74) is 11.0. The second kappa shape index (κ2) is 9.65. The number of Topliss-reactive ketones (excluding diaryl/α,β-unsaturated/α-hetero) is 1. The van der Waals surface area contributed by atoms with Crippen LogP contribution in [0.1, 0.15) is 36.8 Å². The Morgan fingerprint density at radius 2 is 2.16 bits per heavy atom. The van der Waals surface area contributed by atoms with Gasteiger partial charge in [-0.15, -0.1) is 11.8 Å². The Bertz CT molecular complexity index is 931. The summed E-state index contributed by atoms with van der Waals surface area (Å²) in [7, 11) is 0. The number of likely N-dealkylation sites (tertiary alicyclic amines) is 1. The molecule has 0 spiro atoms. The number of benzene rings is 1. The fourth-order valence-electron chi connectivity index (χ4n) is 4.45. The first-order valence-electron chi connectivity index (χ1n) is 10.6. The van der Waals surface area contributed by atoms with E-state index in [-0.39, 0.29) is 23.0 Å². The van der Waals surface area contributed by atoms with Gasteiger partial charge in [0, 0.05) is 25.1 Å². The zero-order valence-electron chi connectivity index (χ0n) is 17.3. The Kier molecular flexibility index (Phi) is 6.72. The lowest BCUT2D eigenvalue weighted by Crippen LogP contribution is -2.51. The number of hydrazone groups is 1. The number of carbonyl (C=O) groups is 3. The highest BCUT2D eigenvalue weighted by atomic mass is 32.2. The van der Waals surface area contributed by atoms with Gasteiger partial charge in [-0.25, -0.2) is 10.2 Å². The van der Waals surface area contributed by atoms with Crippen LogP contribution in [0.15, 0.2) is 34.9 Å². The number of rotatable bonds is 7. The first-order valence-corrected chi connectivity index (χ1v) is 11.6. The van der Waals surface area contributed by atoms with Crippen LogP contribution in [-0.4, -0.2) is 58.6 Å². The molecular formula is C22H27N5O3S. The van der Waals surface area contributed by atoms with Crippen molar-refractivity contribution in [1.29, 1.82) is 0 Å². The quantitative estimate of drug-likeness (QED) is 0.439. The number of nitrogens with two attached hydrogens (primary N) is 1. The molecule has 0 bridgehead atoms. The van der Waals surface area contributed by atoms with Crippen molar-refractivity contribution in [1.82, 2.24) is 15.6 Å². The molecule has 1 aliphatic carbocycles. The van der Waals surface area contributed by atoms with Crippen molar-refractivity contribution < 1.29 is 14.4 Å². The molecular weight excluding hydrogens is 414 g/mol. The Labute approximate surface area is 185 Å². The van der Waals surface area contributed by atoms with Crippen molar-refractivity contribution in [2.45, 2.75) is 49.4 Å². The smallest absolute Gasteiger partial charge is 0.332 e. The number of nitrogens with zero attached hydrogens (tertiary/aromatic N) is 2. The third-order valence-electron chi connectivity index (χ3n) is 5.98. The standard InChI is InChI=1S/C22H27N5O3S/c23-22(30)26-25-12-17-6-3-9-27(17)21(29)19-20(31-13-24-19)18(28)8-7-14-10-15-4-1-2-5-16(15)11-14/h1-2,4-5,10,12,17,19-20,24H,3,6-9,11,13H2,(H3,23,26,30)/t17-,19-,20?/m0/s1. The van der Waals surface area contributed by atoms with E-state index in [0.717, 1.165) is 25.7 Å². The second-order valence-corrected chi connectivity index (χ2v) is 9.18. The van der Waals surface area contributed by atoms with E-state index >= 15 is 0 Å². The Morgan fingerprint density at radius 1 is 1.32 bits per heavy atom. The molecule has 8 nitrogen and oxygen atoms in total. The Morgan fingerprint density at radius 3 is 2.97 bits per heavy atom. The van der Waals surface area contributed by atoms with Gasteiger partial charge in [-0.3, -0.25) is 14.9 Å². The third-order valence-corrected chi connectivity index (χ3v) is 7.21. The molecule has 3 atom stereocenters. The number of primary amides is 1. The maximum Gasteiger partial charge on any atom is 0.332 e. The summed E-state index contributed by atoms with van der Waals surface area (Å²) < 4.78 is 0. The highest BCUT2D eigenvalue weighted by Gasteiger charge is 2.42. The molecule has 0 aromatic heterocycles. The predicted molar refractivity (Wildman–Crippen MR) is 121 cm³/mol. The van der Waals surface area contributed by atoms with Gasteiger partial charge in [-0.05, 0) is 36.8 Å². The van der Waals surface area contributed by atoms with E-state index in [1.165, 1.54) is 28.5 Å². The molecule has 0 radical (unpaired) electrons. The molecule has 164 valence electrons. The van der Waals surface area contributed by atoms with E-state index < -0.39 is 12.1 Å². The first kappa shape index (κ1) is 21.6. The van der Waals surface area contributed by atoms with Crippen LogP contribution in [0, 0.1) is 0 Å². The minimum absolute atomic E-state index is 0.0798. The van der Waals surface area contributed by atoms with Gasteiger partial charge >= 0.3 is 6.03 Å². The van der Waals surface area contributed by atoms with Crippen molar-refractivity contribution >= 4 is 41.8 Å².